The minimum absolute atomic E-state index is 0.00694. The molecule has 0 saturated heterocycles. The van der Waals surface area contributed by atoms with Gasteiger partial charge in [-0.15, -0.1) is 8.78 Å². The predicted octanol–water partition coefficient (Wildman–Crippen LogP) is 3.49. The van der Waals surface area contributed by atoms with Gasteiger partial charge in [-0.05, 0) is 6.92 Å². The standard InChI is InChI=1S/C5H10F2.CF2O/c1-3-4-5(2,6)7;2-1(3)4/h3-4H2,1-2H3;. The smallest absolute Gasteiger partial charge is 0.219 e. The number of halogens is 4. The summed E-state index contributed by atoms with van der Waals surface area (Å²) in [7, 11) is 0. The van der Waals surface area contributed by atoms with Gasteiger partial charge in [0.05, 0.1) is 0 Å². The molecule has 0 saturated carbocycles. The number of hydrogen-bond donors (Lipinski definition) is 0. The highest BCUT2D eigenvalue weighted by Gasteiger charge is 2.17. The van der Waals surface area contributed by atoms with Crippen LogP contribution in [0.3, 0.4) is 0 Å². The zero-order chi connectivity index (χ0) is 9.49. The molecule has 0 bridgehead atoms. The van der Waals surface area contributed by atoms with Crippen LogP contribution < -0.4 is 0 Å². The fraction of sp³-hybridized carbons (Fsp3) is 0.833. The lowest BCUT2D eigenvalue weighted by Gasteiger charge is -2.05. The topological polar surface area (TPSA) is 17.1 Å². The van der Waals surface area contributed by atoms with Gasteiger partial charge in [-0.25, -0.2) is 13.6 Å². The molecule has 0 amide bonds. The highest BCUT2D eigenvalue weighted by Crippen LogP contribution is 2.17. The third kappa shape index (κ3) is 44.6. The second kappa shape index (κ2) is 6.12. The largest absolute Gasteiger partial charge is 0.483 e. The minimum Gasteiger partial charge on any atom is -0.219 e. The highest BCUT2D eigenvalue weighted by atomic mass is 19.3. The van der Waals surface area contributed by atoms with Crippen LogP contribution >= 0.6 is 0 Å². The van der Waals surface area contributed by atoms with E-state index in [0.29, 0.717) is 6.42 Å². The maximum absolute atomic E-state index is 11.7. The summed E-state index contributed by atoms with van der Waals surface area (Å²) in [5, 5.41) is 0. The van der Waals surface area contributed by atoms with E-state index in [1.165, 1.54) is 0 Å². The quantitative estimate of drug-likeness (QED) is 0.462. The van der Waals surface area contributed by atoms with Crippen molar-refractivity contribution in [1.29, 1.82) is 0 Å². The van der Waals surface area contributed by atoms with Gasteiger partial charge >= 0.3 is 6.29 Å². The Hall–Kier alpha value is -0.610. The van der Waals surface area contributed by atoms with E-state index in [-0.39, 0.29) is 6.42 Å². The van der Waals surface area contributed by atoms with Crippen LogP contribution in [0.5, 0.6) is 0 Å². The first kappa shape index (κ1) is 13.0. The van der Waals surface area contributed by atoms with Gasteiger partial charge < -0.3 is 0 Å². The summed E-state index contributed by atoms with van der Waals surface area (Å²) in [6.07, 6.45) is -2.27. The second-order valence-corrected chi connectivity index (χ2v) is 2.05. The van der Waals surface area contributed by atoms with Crippen molar-refractivity contribution >= 4 is 6.29 Å². The van der Waals surface area contributed by atoms with Crippen molar-refractivity contribution in [3.8, 4) is 0 Å². The Bertz CT molecular complexity index is 104. The molecule has 0 aliphatic rings. The van der Waals surface area contributed by atoms with Crippen LogP contribution in [0.2, 0.25) is 0 Å². The molecule has 0 aromatic rings. The molecule has 0 spiro atoms. The Kier molecular flexibility index (Phi) is 7.24. The number of rotatable bonds is 2. The fourth-order valence-electron chi connectivity index (χ4n) is 0.439. The van der Waals surface area contributed by atoms with Crippen LogP contribution in [0.1, 0.15) is 26.7 Å². The Morgan fingerprint density at radius 1 is 1.36 bits per heavy atom. The molecule has 0 fully saturated rings. The van der Waals surface area contributed by atoms with E-state index in [4.69, 9.17) is 4.79 Å². The average Bonchev–Trinajstić information content (AvgIpc) is 1.58. The molecule has 0 rings (SSSR count). The van der Waals surface area contributed by atoms with Gasteiger partial charge in [-0.2, -0.15) is 0 Å². The SMILES string of the molecule is CCCC(C)(F)F.O=C(F)F. The molecule has 0 aliphatic heterocycles. The molecule has 0 aliphatic carbocycles. The summed E-state index contributed by atoms with van der Waals surface area (Å²) in [6, 6.07) is 0. The molecule has 1 nitrogen and oxygen atoms in total. The molecule has 0 radical (unpaired) electrons. The lowest BCUT2D eigenvalue weighted by molar-refractivity contribution is 0.0123. The fourth-order valence-corrected chi connectivity index (χ4v) is 0.439. The van der Waals surface area contributed by atoms with Crippen LogP contribution in [-0.4, -0.2) is 12.2 Å². The molecule has 11 heavy (non-hydrogen) atoms. The monoisotopic (exact) mass is 174 g/mol. The third-order valence-electron chi connectivity index (χ3n) is 0.689. The minimum atomic E-state index is -2.83. The Morgan fingerprint density at radius 3 is 1.64 bits per heavy atom. The normalized spacial score (nSPS) is 10.0. The van der Waals surface area contributed by atoms with Crippen LogP contribution in [0.25, 0.3) is 0 Å². The molecule has 0 unspecified atom stereocenters. The van der Waals surface area contributed by atoms with Crippen molar-refractivity contribution in [2.24, 2.45) is 0 Å². The van der Waals surface area contributed by atoms with E-state index in [1.54, 1.807) is 6.92 Å². The summed E-state index contributed by atoms with van der Waals surface area (Å²) in [4.78, 5) is 8.11. The Balaban J connectivity index is 0. The first-order valence-electron chi connectivity index (χ1n) is 3.02. The van der Waals surface area contributed by atoms with Gasteiger partial charge in [-0.1, -0.05) is 13.3 Å². The van der Waals surface area contributed by atoms with Crippen LogP contribution in [0, 0.1) is 0 Å². The van der Waals surface area contributed by atoms with Crippen molar-refractivity contribution in [1.82, 2.24) is 0 Å². The maximum atomic E-state index is 11.7. The van der Waals surface area contributed by atoms with Crippen LogP contribution in [-0.2, 0) is 0 Å². The Morgan fingerprint density at radius 2 is 1.64 bits per heavy atom. The van der Waals surface area contributed by atoms with Crippen molar-refractivity contribution in [2.45, 2.75) is 32.6 Å². The van der Waals surface area contributed by atoms with E-state index >= 15 is 0 Å². The summed E-state index contributed by atoms with van der Waals surface area (Å²) >= 11 is 0. The van der Waals surface area contributed by atoms with Crippen molar-refractivity contribution < 1.29 is 22.4 Å². The molecule has 0 aromatic heterocycles. The number of hydrogen-bond acceptors (Lipinski definition) is 1. The van der Waals surface area contributed by atoms with Crippen molar-refractivity contribution in [2.75, 3.05) is 0 Å². The van der Waals surface area contributed by atoms with Crippen molar-refractivity contribution in [3.05, 3.63) is 0 Å². The second-order valence-electron chi connectivity index (χ2n) is 2.05. The first-order chi connectivity index (χ1) is 4.79. The molecule has 0 aromatic carbocycles. The molecular weight excluding hydrogens is 164 g/mol. The van der Waals surface area contributed by atoms with E-state index in [9.17, 15) is 17.6 Å². The predicted molar refractivity (Wildman–Crippen MR) is 33.1 cm³/mol. The van der Waals surface area contributed by atoms with Gasteiger partial charge in [-0.3, -0.25) is 0 Å². The van der Waals surface area contributed by atoms with E-state index in [0.717, 1.165) is 6.92 Å². The van der Waals surface area contributed by atoms with E-state index < -0.39 is 12.2 Å². The molecule has 0 heterocycles. The number of alkyl halides is 2. The number of carbonyl (C=O) groups is 1. The van der Waals surface area contributed by atoms with Crippen LogP contribution in [0.4, 0.5) is 22.4 Å². The van der Waals surface area contributed by atoms with Crippen molar-refractivity contribution in [3.63, 3.8) is 0 Å². The van der Waals surface area contributed by atoms with Gasteiger partial charge in [0.1, 0.15) is 0 Å². The first-order valence-corrected chi connectivity index (χ1v) is 3.02. The molecule has 0 N–H and O–H groups in total. The van der Waals surface area contributed by atoms with Gasteiger partial charge in [0, 0.05) is 6.42 Å². The highest BCUT2D eigenvalue weighted by molar-refractivity contribution is 5.55. The molecule has 5 heteroatoms. The zero-order valence-corrected chi connectivity index (χ0v) is 6.33. The lowest BCUT2D eigenvalue weighted by Crippen LogP contribution is -2.07. The Labute approximate surface area is 62.4 Å². The van der Waals surface area contributed by atoms with E-state index in [1.807, 2.05) is 0 Å². The van der Waals surface area contributed by atoms with Gasteiger partial charge in [0.15, 0.2) is 0 Å². The number of carbonyl (C=O) groups excluding carboxylic acids is 1. The van der Waals surface area contributed by atoms with Gasteiger partial charge in [0.25, 0.3) is 0 Å². The summed E-state index contributed by atoms with van der Waals surface area (Å²) in [5.41, 5.74) is 0. The van der Waals surface area contributed by atoms with Crippen LogP contribution in [0.15, 0.2) is 0 Å². The summed E-state index contributed by atoms with van der Waals surface area (Å²) in [6.45, 7) is 2.69. The summed E-state index contributed by atoms with van der Waals surface area (Å²) < 4.78 is 42.8. The van der Waals surface area contributed by atoms with Gasteiger partial charge in [0.2, 0.25) is 5.92 Å². The van der Waals surface area contributed by atoms with E-state index in [2.05, 4.69) is 0 Å². The zero-order valence-electron chi connectivity index (χ0n) is 6.33. The average molecular weight is 174 g/mol. The maximum Gasteiger partial charge on any atom is 0.483 e. The third-order valence-corrected chi connectivity index (χ3v) is 0.689. The lowest BCUT2D eigenvalue weighted by atomic mass is 10.2. The molecule has 0 atom stereocenters. The molecular formula is C6H10F4O. The molecule has 68 valence electrons. The summed E-state index contributed by atoms with van der Waals surface area (Å²) in [5.74, 6) is -2.45.